The maximum Gasteiger partial charge on any atom is 0.273 e. The lowest BCUT2D eigenvalue weighted by molar-refractivity contribution is 0.0954. The lowest BCUT2D eigenvalue weighted by Gasteiger charge is -2.13. The zero-order chi connectivity index (χ0) is 17.7. The molecule has 1 atom stereocenters. The van der Waals surface area contributed by atoms with Gasteiger partial charge in [-0.1, -0.05) is 5.16 Å². The number of nitrogens with one attached hydrogen (secondary N) is 1. The topological polar surface area (TPSA) is 80.3 Å². The minimum Gasteiger partial charge on any atom is -0.494 e. The van der Waals surface area contributed by atoms with Gasteiger partial charge in [0.1, 0.15) is 0 Å². The van der Waals surface area contributed by atoms with E-state index in [1.807, 2.05) is 29.8 Å². The van der Waals surface area contributed by atoms with Crippen molar-refractivity contribution >= 4 is 16.7 Å². The summed E-state index contributed by atoms with van der Waals surface area (Å²) >= 11 is 0. The Bertz CT molecular complexity index is 966. The van der Waals surface area contributed by atoms with Gasteiger partial charge in [0.2, 0.25) is 0 Å². The standard InChI is InChI=1S/C19H21N3O3/c1-10-6-13(16-8-15(21-25-16)18(23)20-3)7-14-9-22(19(24)17(10)14)11(2)12-4-5-12/h6-9,11-12,24H,4-5H2,1-3H3,(H,20,23)/t11-/m0/s1. The Morgan fingerprint density at radius 2 is 2.16 bits per heavy atom. The Kier molecular flexibility index (Phi) is 3.56. The molecule has 4 rings (SSSR count). The van der Waals surface area contributed by atoms with Gasteiger partial charge in [-0.2, -0.15) is 0 Å². The number of carbonyl (C=O) groups is 1. The third-order valence-electron chi connectivity index (χ3n) is 5.11. The minimum atomic E-state index is -0.283. The van der Waals surface area contributed by atoms with E-state index in [1.165, 1.54) is 12.8 Å². The number of fused-ring (bicyclic) bond motifs is 1. The van der Waals surface area contributed by atoms with Crippen molar-refractivity contribution in [1.29, 1.82) is 0 Å². The summed E-state index contributed by atoms with van der Waals surface area (Å²) in [7, 11) is 1.55. The highest BCUT2D eigenvalue weighted by Crippen LogP contribution is 2.44. The van der Waals surface area contributed by atoms with Gasteiger partial charge in [0.05, 0.1) is 0 Å². The molecule has 130 valence electrons. The summed E-state index contributed by atoms with van der Waals surface area (Å²) in [6, 6.07) is 5.83. The largest absolute Gasteiger partial charge is 0.494 e. The van der Waals surface area contributed by atoms with Crippen LogP contribution in [0.3, 0.4) is 0 Å². The van der Waals surface area contributed by atoms with Crippen molar-refractivity contribution in [3.8, 4) is 17.2 Å². The first kappa shape index (κ1) is 15.7. The summed E-state index contributed by atoms with van der Waals surface area (Å²) in [5.74, 6) is 1.22. The van der Waals surface area contributed by atoms with Gasteiger partial charge in [-0.05, 0) is 50.3 Å². The lowest BCUT2D eigenvalue weighted by atomic mass is 10.0. The van der Waals surface area contributed by atoms with E-state index in [9.17, 15) is 9.90 Å². The fourth-order valence-electron chi connectivity index (χ4n) is 3.47. The molecule has 0 bridgehead atoms. The molecule has 0 unspecified atom stereocenters. The van der Waals surface area contributed by atoms with Crippen LogP contribution in [0.4, 0.5) is 0 Å². The highest BCUT2D eigenvalue weighted by atomic mass is 16.5. The number of rotatable bonds is 4. The minimum absolute atomic E-state index is 0.248. The number of aromatic nitrogens is 2. The molecule has 2 heterocycles. The van der Waals surface area contributed by atoms with Gasteiger partial charge in [-0.15, -0.1) is 0 Å². The van der Waals surface area contributed by atoms with Crippen LogP contribution in [-0.4, -0.2) is 27.8 Å². The van der Waals surface area contributed by atoms with E-state index in [4.69, 9.17) is 4.52 Å². The Labute approximate surface area is 145 Å². The molecule has 2 N–H and O–H groups in total. The van der Waals surface area contributed by atoms with Crippen molar-refractivity contribution in [3.63, 3.8) is 0 Å². The van der Waals surface area contributed by atoms with Crippen molar-refractivity contribution < 1.29 is 14.4 Å². The second-order valence-corrected chi connectivity index (χ2v) is 6.85. The van der Waals surface area contributed by atoms with Gasteiger partial charge >= 0.3 is 0 Å². The molecular formula is C19H21N3O3. The zero-order valence-corrected chi connectivity index (χ0v) is 14.5. The van der Waals surface area contributed by atoms with Gasteiger partial charge in [-0.3, -0.25) is 4.79 Å². The molecular weight excluding hydrogens is 318 g/mol. The fourth-order valence-corrected chi connectivity index (χ4v) is 3.47. The van der Waals surface area contributed by atoms with Crippen LogP contribution in [0.5, 0.6) is 5.88 Å². The monoisotopic (exact) mass is 339 g/mol. The quantitative estimate of drug-likeness (QED) is 0.760. The van der Waals surface area contributed by atoms with Gasteiger partial charge in [-0.25, -0.2) is 0 Å². The van der Waals surface area contributed by atoms with Gasteiger partial charge in [0.15, 0.2) is 17.3 Å². The number of aromatic hydroxyl groups is 1. The number of carbonyl (C=O) groups excluding carboxylic acids is 1. The number of aryl methyl sites for hydroxylation is 1. The van der Waals surface area contributed by atoms with Gasteiger partial charge in [0, 0.05) is 41.7 Å². The summed E-state index contributed by atoms with van der Waals surface area (Å²) in [5.41, 5.74) is 2.05. The maximum atomic E-state index is 11.7. The van der Waals surface area contributed by atoms with Crippen molar-refractivity contribution in [2.75, 3.05) is 7.05 Å². The van der Waals surface area contributed by atoms with Crippen molar-refractivity contribution in [1.82, 2.24) is 15.0 Å². The average molecular weight is 339 g/mol. The maximum absolute atomic E-state index is 11.7. The van der Waals surface area contributed by atoms with Crippen LogP contribution >= 0.6 is 0 Å². The zero-order valence-electron chi connectivity index (χ0n) is 14.5. The van der Waals surface area contributed by atoms with Crippen LogP contribution in [0.15, 0.2) is 28.9 Å². The fraction of sp³-hybridized carbons (Fsp3) is 0.368. The number of hydrogen-bond donors (Lipinski definition) is 2. The molecule has 1 aromatic carbocycles. The van der Waals surface area contributed by atoms with E-state index in [1.54, 1.807) is 13.1 Å². The first-order valence-corrected chi connectivity index (χ1v) is 8.53. The van der Waals surface area contributed by atoms with E-state index in [0.717, 1.165) is 21.9 Å². The number of hydrogen-bond acceptors (Lipinski definition) is 4. The predicted octanol–water partition coefficient (Wildman–Crippen LogP) is 3.64. The summed E-state index contributed by atoms with van der Waals surface area (Å²) < 4.78 is 7.30. The molecule has 1 fully saturated rings. The van der Waals surface area contributed by atoms with E-state index in [2.05, 4.69) is 17.4 Å². The second-order valence-electron chi connectivity index (χ2n) is 6.85. The van der Waals surface area contributed by atoms with Crippen LogP contribution in [-0.2, 0) is 0 Å². The molecule has 6 heteroatoms. The second kappa shape index (κ2) is 5.65. The van der Waals surface area contributed by atoms with E-state index in [-0.39, 0.29) is 11.6 Å². The molecule has 3 aromatic rings. The van der Waals surface area contributed by atoms with Crippen molar-refractivity contribution in [3.05, 3.63) is 35.7 Å². The highest BCUT2D eigenvalue weighted by molar-refractivity contribution is 5.95. The third kappa shape index (κ3) is 2.58. The number of benzene rings is 1. The predicted molar refractivity (Wildman–Crippen MR) is 94.7 cm³/mol. The molecule has 6 nitrogen and oxygen atoms in total. The van der Waals surface area contributed by atoms with Crippen LogP contribution in [0.25, 0.3) is 22.1 Å². The molecule has 1 aliphatic rings. The van der Waals surface area contributed by atoms with Gasteiger partial charge in [0.25, 0.3) is 5.91 Å². The normalized spacial score (nSPS) is 15.5. The van der Waals surface area contributed by atoms with Crippen LogP contribution in [0, 0.1) is 12.8 Å². The Morgan fingerprint density at radius 3 is 2.84 bits per heavy atom. The summed E-state index contributed by atoms with van der Waals surface area (Å²) in [5, 5.41) is 18.8. The molecule has 0 aliphatic heterocycles. The number of nitrogens with zero attached hydrogens (tertiary/aromatic N) is 2. The Balaban J connectivity index is 1.79. The molecule has 1 aliphatic carbocycles. The molecule has 0 saturated heterocycles. The smallest absolute Gasteiger partial charge is 0.273 e. The molecule has 1 amide bonds. The van der Waals surface area contributed by atoms with Crippen LogP contribution in [0.2, 0.25) is 0 Å². The van der Waals surface area contributed by atoms with Crippen molar-refractivity contribution in [2.24, 2.45) is 5.92 Å². The van der Waals surface area contributed by atoms with E-state index >= 15 is 0 Å². The first-order valence-electron chi connectivity index (χ1n) is 8.53. The Morgan fingerprint density at radius 1 is 1.40 bits per heavy atom. The Hall–Kier alpha value is -2.76. The molecule has 1 saturated carbocycles. The third-order valence-corrected chi connectivity index (χ3v) is 5.11. The van der Waals surface area contributed by atoms with Crippen LogP contribution < -0.4 is 5.32 Å². The van der Waals surface area contributed by atoms with E-state index < -0.39 is 0 Å². The van der Waals surface area contributed by atoms with E-state index in [0.29, 0.717) is 23.6 Å². The molecule has 25 heavy (non-hydrogen) atoms. The van der Waals surface area contributed by atoms with Gasteiger partial charge < -0.3 is 19.5 Å². The van der Waals surface area contributed by atoms with Crippen molar-refractivity contribution in [2.45, 2.75) is 32.7 Å². The molecule has 0 spiro atoms. The molecule has 0 radical (unpaired) electrons. The average Bonchev–Trinajstić information content (AvgIpc) is 3.23. The SMILES string of the molecule is CNC(=O)c1cc(-c2cc(C)c3c(O)n([C@@H](C)C4CC4)cc3c2)on1. The number of amides is 1. The lowest BCUT2D eigenvalue weighted by Crippen LogP contribution is -2.17. The highest BCUT2D eigenvalue weighted by Gasteiger charge is 2.31. The summed E-state index contributed by atoms with van der Waals surface area (Å²) in [4.78, 5) is 11.7. The summed E-state index contributed by atoms with van der Waals surface area (Å²) in [6.45, 7) is 4.12. The first-order chi connectivity index (χ1) is 12.0. The van der Waals surface area contributed by atoms with Crippen LogP contribution in [0.1, 0.15) is 41.9 Å². The summed E-state index contributed by atoms with van der Waals surface area (Å²) in [6.07, 6.45) is 4.44. The molecule has 2 aromatic heterocycles.